The maximum Gasteiger partial charge on any atom is 0.322 e. The summed E-state index contributed by atoms with van der Waals surface area (Å²) in [5.41, 5.74) is 0.922. The highest BCUT2D eigenvalue weighted by Crippen LogP contribution is 2.14. The van der Waals surface area contributed by atoms with Crippen molar-refractivity contribution in [1.82, 2.24) is 25.8 Å². The number of pyridine rings is 1. The zero-order valence-electron chi connectivity index (χ0n) is 15.5. The average molecular weight is 374 g/mol. The number of carbonyl (C=O) groups excluding carboxylic acids is 3. The third kappa shape index (κ3) is 5.16. The zero-order chi connectivity index (χ0) is 19.2. The summed E-state index contributed by atoms with van der Waals surface area (Å²) in [5, 5.41) is 7.45. The first-order chi connectivity index (χ1) is 13.0. The topological polar surface area (TPSA) is 107 Å². The number of rotatable bonds is 7. The second kappa shape index (κ2) is 8.81. The molecule has 1 aromatic heterocycles. The van der Waals surface area contributed by atoms with Gasteiger partial charge in [-0.2, -0.15) is 0 Å². The summed E-state index contributed by atoms with van der Waals surface area (Å²) in [7, 11) is 0. The molecule has 2 saturated heterocycles. The van der Waals surface area contributed by atoms with Gasteiger partial charge in [0, 0.05) is 45.3 Å². The second-order valence-corrected chi connectivity index (χ2v) is 6.78. The molecule has 4 amide bonds. The monoisotopic (exact) mass is 374 g/mol. The minimum atomic E-state index is -0.627. The van der Waals surface area contributed by atoms with Crippen molar-refractivity contribution < 1.29 is 14.4 Å². The molecule has 0 spiro atoms. The first-order valence-electron chi connectivity index (χ1n) is 9.35. The average Bonchev–Trinajstić information content (AvgIpc) is 3.02. The van der Waals surface area contributed by atoms with Crippen LogP contribution < -0.4 is 20.9 Å². The van der Waals surface area contributed by atoms with Crippen LogP contribution in [-0.4, -0.2) is 66.5 Å². The number of amides is 4. The van der Waals surface area contributed by atoms with Gasteiger partial charge in [-0.1, -0.05) is 13.0 Å². The first kappa shape index (κ1) is 19.1. The van der Waals surface area contributed by atoms with E-state index < -0.39 is 12.1 Å². The lowest BCUT2D eigenvalue weighted by Crippen LogP contribution is -2.46. The van der Waals surface area contributed by atoms with Crippen LogP contribution >= 0.6 is 0 Å². The van der Waals surface area contributed by atoms with E-state index >= 15 is 0 Å². The Morgan fingerprint density at radius 2 is 2.04 bits per heavy atom. The molecule has 9 heteroatoms. The number of nitrogens with one attached hydrogen (secondary N) is 3. The molecule has 1 atom stereocenters. The highest BCUT2D eigenvalue weighted by molar-refractivity contribution is 6.04. The second-order valence-electron chi connectivity index (χ2n) is 6.78. The number of likely N-dealkylation sites (N-methyl/N-ethyl adjacent to an activating group) is 1. The molecular weight excluding hydrogens is 348 g/mol. The van der Waals surface area contributed by atoms with Gasteiger partial charge in [-0.05, 0) is 24.6 Å². The lowest BCUT2D eigenvalue weighted by atomic mass is 10.1. The van der Waals surface area contributed by atoms with Crippen LogP contribution in [0.2, 0.25) is 0 Å². The van der Waals surface area contributed by atoms with Gasteiger partial charge in [0.05, 0.1) is 0 Å². The molecule has 0 radical (unpaired) electrons. The number of urea groups is 1. The number of imide groups is 1. The van der Waals surface area contributed by atoms with Crippen molar-refractivity contribution in [2.45, 2.75) is 32.4 Å². The van der Waals surface area contributed by atoms with E-state index in [9.17, 15) is 14.4 Å². The predicted molar refractivity (Wildman–Crippen MR) is 100 cm³/mol. The SMILES string of the molecule is CCN1CCN(c2ccc(CNC(=O)CC[C@@H]3NC(=O)NC3=O)cn2)CC1. The first-order valence-corrected chi connectivity index (χ1v) is 9.35. The van der Waals surface area contributed by atoms with E-state index in [1.165, 1.54) is 0 Å². The van der Waals surface area contributed by atoms with Crippen LogP contribution in [0.25, 0.3) is 0 Å². The van der Waals surface area contributed by atoms with E-state index in [2.05, 4.69) is 37.7 Å². The number of hydrogen-bond acceptors (Lipinski definition) is 6. The van der Waals surface area contributed by atoms with Crippen molar-refractivity contribution in [2.75, 3.05) is 37.6 Å². The predicted octanol–water partition coefficient (Wildman–Crippen LogP) is -0.172. The van der Waals surface area contributed by atoms with Gasteiger partial charge in [0.15, 0.2) is 0 Å². The summed E-state index contributed by atoms with van der Waals surface area (Å²) >= 11 is 0. The van der Waals surface area contributed by atoms with Crippen LogP contribution in [0.4, 0.5) is 10.6 Å². The molecule has 0 unspecified atom stereocenters. The fraction of sp³-hybridized carbons (Fsp3) is 0.556. The molecule has 9 nitrogen and oxygen atoms in total. The maximum absolute atomic E-state index is 11.9. The molecule has 2 fully saturated rings. The molecular formula is C18H26N6O3. The van der Waals surface area contributed by atoms with Crippen LogP contribution in [0.3, 0.4) is 0 Å². The number of hydrogen-bond donors (Lipinski definition) is 3. The Morgan fingerprint density at radius 1 is 1.26 bits per heavy atom. The Kier molecular flexibility index (Phi) is 6.23. The Morgan fingerprint density at radius 3 is 2.63 bits per heavy atom. The Balaban J connectivity index is 1.40. The van der Waals surface area contributed by atoms with Crippen LogP contribution in [0.1, 0.15) is 25.3 Å². The largest absolute Gasteiger partial charge is 0.354 e. The number of anilines is 1. The molecule has 0 aliphatic carbocycles. The molecule has 1 aromatic rings. The fourth-order valence-corrected chi connectivity index (χ4v) is 3.23. The number of nitrogens with zero attached hydrogens (tertiary/aromatic N) is 3. The van der Waals surface area contributed by atoms with Gasteiger partial charge in [-0.15, -0.1) is 0 Å². The Hall–Kier alpha value is -2.68. The third-order valence-corrected chi connectivity index (χ3v) is 4.96. The van der Waals surface area contributed by atoms with Crippen molar-refractivity contribution in [3.8, 4) is 0 Å². The van der Waals surface area contributed by atoms with E-state index in [0.717, 1.165) is 44.1 Å². The van der Waals surface area contributed by atoms with E-state index in [1.54, 1.807) is 6.20 Å². The molecule has 2 aliphatic rings. The van der Waals surface area contributed by atoms with E-state index in [0.29, 0.717) is 6.54 Å². The van der Waals surface area contributed by atoms with Gasteiger partial charge in [0.1, 0.15) is 11.9 Å². The molecule has 3 N–H and O–H groups in total. The van der Waals surface area contributed by atoms with Crippen LogP contribution in [0.5, 0.6) is 0 Å². The number of piperazine rings is 1. The highest BCUT2D eigenvalue weighted by Gasteiger charge is 2.29. The lowest BCUT2D eigenvalue weighted by Gasteiger charge is -2.34. The Labute approximate surface area is 158 Å². The van der Waals surface area contributed by atoms with Gasteiger partial charge in [0.2, 0.25) is 5.91 Å². The summed E-state index contributed by atoms with van der Waals surface area (Å²) in [6.07, 6.45) is 2.24. The molecule has 3 rings (SSSR count). The summed E-state index contributed by atoms with van der Waals surface area (Å²) in [6.45, 7) is 7.70. The molecule has 0 aromatic carbocycles. The molecule has 0 saturated carbocycles. The molecule has 0 bridgehead atoms. The minimum Gasteiger partial charge on any atom is -0.354 e. The van der Waals surface area contributed by atoms with E-state index in [4.69, 9.17) is 0 Å². The molecule has 27 heavy (non-hydrogen) atoms. The number of carbonyl (C=O) groups is 3. The maximum atomic E-state index is 11.9. The van der Waals surface area contributed by atoms with Crippen LogP contribution in [-0.2, 0) is 16.1 Å². The summed E-state index contributed by atoms with van der Waals surface area (Å²) in [4.78, 5) is 43.6. The van der Waals surface area contributed by atoms with Gasteiger partial charge < -0.3 is 20.4 Å². The standard InChI is InChI=1S/C18H26N6O3/c1-2-23-7-9-24(10-8-23)15-5-3-13(11-19-15)12-20-16(25)6-4-14-17(26)22-18(27)21-14/h3,5,11,14H,2,4,6-10,12H2,1H3,(H,20,25)(H2,21,22,26,27)/t14-/m0/s1. The number of aromatic nitrogens is 1. The smallest absolute Gasteiger partial charge is 0.322 e. The quantitative estimate of drug-likeness (QED) is 0.572. The van der Waals surface area contributed by atoms with E-state index in [-0.39, 0.29) is 24.7 Å². The van der Waals surface area contributed by atoms with Crippen LogP contribution in [0, 0.1) is 0 Å². The summed E-state index contributed by atoms with van der Waals surface area (Å²) in [5.74, 6) is 0.417. The van der Waals surface area contributed by atoms with E-state index in [1.807, 2.05) is 12.1 Å². The molecule has 3 heterocycles. The summed E-state index contributed by atoms with van der Waals surface area (Å²) < 4.78 is 0. The normalized spacial score (nSPS) is 20.3. The minimum absolute atomic E-state index is 0.163. The van der Waals surface area contributed by atoms with Crippen molar-refractivity contribution in [2.24, 2.45) is 0 Å². The highest BCUT2D eigenvalue weighted by atomic mass is 16.2. The van der Waals surface area contributed by atoms with Gasteiger partial charge in [0.25, 0.3) is 5.91 Å². The van der Waals surface area contributed by atoms with Gasteiger partial charge in [-0.25, -0.2) is 9.78 Å². The van der Waals surface area contributed by atoms with Gasteiger partial charge in [-0.3, -0.25) is 14.9 Å². The third-order valence-electron chi connectivity index (χ3n) is 4.96. The van der Waals surface area contributed by atoms with Crippen LogP contribution in [0.15, 0.2) is 18.3 Å². The Bertz CT molecular complexity index is 685. The van der Waals surface area contributed by atoms with Crippen molar-refractivity contribution >= 4 is 23.7 Å². The van der Waals surface area contributed by atoms with Crippen molar-refractivity contribution in [3.63, 3.8) is 0 Å². The van der Waals surface area contributed by atoms with Crippen molar-refractivity contribution in [1.29, 1.82) is 0 Å². The van der Waals surface area contributed by atoms with Gasteiger partial charge >= 0.3 is 6.03 Å². The lowest BCUT2D eigenvalue weighted by molar-refractivity contribution is -0.122. The molecule has 2 aliphatic heterocycles. The fourth-order valence-electron chi connectivity index (χ4n) is 3.23. The zero-order valence-corrected chi connectivity index (χ0v) is 15.5. The molecule has 146 valence electrons. The summed E-state index contributed by atoms with van der Waals surface area (Å²) in [6, 6.07) is 2.83. The van der Waals surface area contributed by atoms with Crippen molar-refractivity contribution in [3.05, 3.63) is 23.9 Å².